The average Bonchev–Trinajstić information content (AvgIpc) is 2.62. The molecule has 1 saturated carbocycles. The molecular weight excluding hydrogens is 140 g/mol. The summed E-state index contributed by atoms with van der Waals surface area (Å²) in [5, 5.41) is 18.4. The maximum atomic E-state index is 9.53. The van der Waals surface area contributed by atoms with Gasteiger partial charge in [-0.25, -0.2) is 0 Å². The Bertz CT molecular complexity index is 188. The molecule has 2 nitrogen and oxygen atoms in total. The van der Waals surface area contributed by atoms with E-state index in [1.807, 2.05) is 0 Å². The van der Waals surface area contributed by atoms with Gasteiger partial charge in [-0.15, -0.1) is 0 Å². The van der Waals surface area contributed by atoms with Gasteiger partial charge in [-0.1, -0.05) is 12.2 Å². The van der Waals surface area contributed by atoms with Gasteiger partial charge in [0.1, 0.15) is 0 Å². The molecular formula is C9H14O2. The molecule has 2 bridgehead atoms. The monoisotopic (exact) mass is 154 g/mol. The third-order valence-corrected chi connectivity index (χ3v) is 3.16. The smallest absolute Gasteiger partial charge is 0.0861 e. The molecule has 0 spiro atoms. The van der Waals surface area contributed by atoms with Crippen molar-refractivity contribution in [2.75, 3.05) is 6.61 Å². The van der Waals surface area contributed by atoms with Crippen LogP contribution >= 0.6 is 0 Å². The number of fused-ring (bicyclic) bond motifs is 2. The lowest BCUT2D eigenvalue weighted by atomic mass is 9.82. The highest BCUT2D eigenvalue weighted by Crippen LogP contribution is 2.51. The first-order valence-corrected chi connectivity index (χ1v) is 4.25. The van der Waals surface area contributed by atoms with Crippen molar-refractivity contribution < 1.29 is 10.2 Å². The van der Waals surface area contributed by atoms with E-state index in [-0.39, 0.29) is 12.0 Å². The van der Waals surface area contributed by atoms with Gasteiger partial charge < -0.3 is 10.2 Å². The first-order valence-electron chi connectivity index (χ1n) is 4.25. The maximum absolute atomic E-state index is 9.53. The second kappa shape index (κ2) is 2.32. The van der Waals surface area contributed by atoms with E-state index in [9.17, 15) is 5.11 Å². The normalized spacial score (nSPS) is 43.3. The zero-order chi connectivity index (χ0) is 7.90. The zero-order valence-corrected chi connectivity index (χ0v) is 6.53. The molecule has 1 fully saturated rings. The molecule has 0 aromatic heterocycles. The summed E-state index contributed by atoms with van der Waals surface area (Å²) in [7, 11) is 0. The fourth-order valence-electron chi connectivity index (χ4n) is 2.39. The number of rotatable bonds is 2. The van der Waals surface area contributed by atoms with Crippen LogP contribution in [-0.4, -0.2) is 22.9 Å². The first-order chi connectivity index (χ1) is 5.27. The molecule has 2 heteroatoms. The molecule has 0 saturated heterocycles. The minimum Gasteiger partial charge on any atom is -0.394 e. The summed E-state index contributed by atoms with van der Waals surface area (Å²) in [5.41, 5.74) is -0.0561. The lowest BCUT2D eigenvalue weighted by Gasteiger charge is -2.28. The van der Waals surface area contributed by atoms with Crippen molar-refractivity contribution in [1.29, 1.82) is 0 Å². The standard InChI is InChI=1S/C9H14O2/c10-6-8(11)9-3-1-7(5-9)2-4-9/h1,3,7-8,10-11H,2,4-6H2. The van der Waals surface area contributed by atoms with E-state index in [2.05, 4.69) is 12.2 Å². The fourth-order valence-corrected chi connectivity index (χ4v) is 2.39. The summed E-state index contributed by atoms with van der Waals surface area (Å²) >= 11 is 0. The summed E-state index contributed by atoms with van der Waals surface area (Å²) in [4.78, 5) is 0. The highest BCUT2D eigenvalue weighted by atomic mass is 16.3. The van der Waals surface area contributed by atoms with Crippen molar-refractivity contribution in [2.45, 2.75) is 25.4 Å². The van der Waals surface area contributed by atoms with Crippen molar-refractivity contribution in [3.8, 4) is 0 Å². The number of aliphatic hydroxyl groups excluding tert-OH is 2. The van der Waals surface area contributed by atoms with Crippen LogP contribution < -0.4 is 0 Å². The SMILES string of the molecule is OCC(O)C12C=CC(CC1)C2. The van der Waals surface area contributed by atoms with E-state index in [1.54, 1.807) is 0 Å². The van der Waals surface area contributed by atoms with Crippen LogP contribution in [0.1, 0.15) is 19.3 Å². The van der Waals surface area contributed by atoms with E-state index < -0.39 is 6.10 Å². The molecule has 0 aliphatic heterocycles. The lowest BCUT2D eigenvalue weighted by Crippen LogP contribution is -2.32. The van der Waals surface area contributed by atoms with Crippen molar-refractivity contribution in [3.63, 3.8) is 0 Å². The predicted molar refractivity (Wildman–Crippen MR) is 42.0 cm³/mol. The first kappa shape index (κ1) is 7.32. The van der Waals surface area contributed by atoms with Gasteiger partial charge in [0.15, 0.2) is 0 Å². The Balaban J connectivity index is 2.17. The van der Waals surface area contributed by atoms with Gasteiger partial charge in [0.2, 0.25) is 0 Å². The molecule has 2 aliphatic rings. The molecule has 0 radical (unpaired) electrons. The molecule has 3 atom stereocenters. The Kier molecular flexibility index (Phi) is 1.55. The molecule has 2 rings (SSSR count). The third kappa shape index (κ3) is 0.932. The van der Waals surface area contributed by atoms with Gasteiger partial charge in [0, 0.05) is 5.41 Å². The third-order valence-electron chi connectivity index (χ3n) is 3.16. The van der Waals surface area contributed by atoms with E-state index in [1.165, 1.54) is 6.42 Å². The van der Waals surface area contributed by atoms with Crippen LogP contribution in [0.15, 0.2) is 12.2 Å². The van der Waals surface area contributed by atoms with Crippen LogP contribution in [-0.2, 0) is 0 Å². The Morgan fingerprint density at radius 2 is 2.45 bits per heavy atom. The van der Waals surface area contributed by atoms with Gasteiger partial charge in [-0.05, 0) is 25.2 Å². The van der Waals surface area contributed by atoms with E-state index >= 15 is 0 Å². The molecule has 62 valence electrons. The van der Waals surface area contributed by atoms with Gasteiger partial charge in [0.05, 0.1) is 12.7 Å². The Morgan fingerprint density at radius 3 is 2.82 bits per heavy atom. The molecule has 3 unspecified atom stereocenters. The number of allylic oxidation sites excluding steroid dienone is 1. The van der Waals surface area contributed by atoms with Crippen LogP contribution in [0.3, 0.4) is 0 Å². The van der Waals surface area contributed by atoms with Crippen molar-refractivity contribution >= 4 is 0 Å². The molecule has 2 aliphatic carbocycles. The van der Waals surface area contributed by atoms with Crippen molar-refractivity contribution in [2.24, 2.45) is 11.3 Å². The molecule has 0 aromatic carbocycles. The van der Waals surface area contributed by atoms with E-state index in [0.29, 0.717) is 5.92 Å². The van der Waals surface area contributed by atoms with E-state index in [0.717, 1.165) is 12.8 Å². The van der Waals surface area contributed by atoms with Gasteiger partial charge >= 0.3 is 0 Å². The van der Waals surface area contributed by atoms with Crippen LogP contribution in [0.2, 0.25) is 0 Å². The van der Waals surface area contributed by atoms with E-state index in [4.69, 9.17) is 5.11 Å². The largest absolute Gasteiger partial charge is 0.394 e. The highest BCUT2D eigenvalue weighted by molar-refractivity contribution is 5.17. The highest BCUT2D eigenvalue weighted by Gasteiger charge is 2.45. The van der Waals surface area contributed by atoms with Crippen LogP contribution in [0.5, 0.6) is 0 Å². The molecule has 2 N–H and O–H groups in total. The second-order valence-electron chi connectivity index (χ2n) is 3.79. The second-order valence-corrected chi connectivity index (χ2v) is 3.79. The molecule has 0 aromatic rings. The van der Waals surface area contributed by atoms with Crippen LogP contribution in [0.4, 0.5) is 0 Å². The fraction of sp³-hybridized carbons (Fsp3) is 0.778. The summed E-state index contributed by atoms with van der Waals surface area (Å²) in [5.74, 6) is 0.677. The molecule has 11 heavy (non-hydrogen) atoms. The maximum Gasteiger partial charge on any atom is 0.0861 e. The Labute approximate surface area is 66.5 Å². The number of hydrogen-bond acceptors (Lipinski definition) is 2. The van der Waals surface area contributed by atoms with Gasteiger partial charge in [-0.2, -0.15) is 0 Å². The van der Waals surface area contributed by atoms with Gasteiger partial charge in [0.25, 0.3) is 0 Å². The summed E-state index contributed by atoms with van der Waals surface area (Å²) < 4.78 is 0. The Hall–Kier alpha value is -0.340. The summed E-state index contributed by atoms with van der Waals surface area (Å²) in [6.07, 6.45) is 7.04. The average molecular weight is 154 g/mol. The quantitative estimate of drug-likeness (QED) is 0.575. The lowest BCUT2D eigenvalue weighted by molar-refractivity contribution is 0.0146. The minimum absolute atomic E-state index is 0.0561. The molecule has 0 heterocycles. The number of hydrogen-bond donors (Lipinski definition) is 2. The Morgan fingerprint density at radius 1 is 1.64 bits per heavy atom. The minimum atomic E-state index is -0.536. The predicted octanol–water partition coefficient (Wildman–Crippen LogP) is 0.696. The van der Waals surface area contributed by atoms with Crippen LogP contribution in [0.25, 0.3) is 0 Å². The van der Waals surface area contributed by atoms with Gasteiger partial charge in [-0.3, -0.25) is 0 Å². The zero-order valence-electron chi connectivity index (χ0n) is 6.53. The summed E-state index contributed by atoms with van der Waals surface area (Å²) in [6, 6.07) is 0. The molecule has 0 amide bonds. The van der Waals surface area contributed by atoms with Crippen molar-refractivity contribution in [3.05, 3.63) is 12.2 Å². The summed E-state index contributed by atoms with van der Waals surface area (Å²) in [6.45, 7) is -0.100. The van der Waals surface area contributed by atoms with Crippen molar-refractivity contribution in [1.82, 2.24) is 0 Å². The number of aliphatic hydroxyl groups is 2. The topological polar surface area (TPSA) is 40.5 Å². The van der Waals surface area contributed by atoms with Crippen LogP contribution in [0, 0.1) is 11.3 Å².